The number of rotatable bonds is 16. The summed E-state index contributed by atoms with van der Waals surface area (Å²) >= 11 is 0. The Kier molecular flexibility index (Phi) is 16.4. The number of unbranched alkanes of at least 4 members (excludes halogenated alkanes) is 4. The van der Waals surface area contributed by atoms with E-state index in [1.54, 1.807) is 0 Å². The van der Waals surface area contributed by atoms with Crippen LogP contribution in [0.2, 0.25) is 0 Å². The Balaban J connectivity index is 3.21. The van der Waals surface area contributed by atoms with Gasteiger partial charge < -0.3 is 20.1 Å². The van der Waals surface area contributed by atoms with E-state index in [9.17, 15) is 9.59 Å². The molecule has 6 nitrogen and oxygen atoms in total. The van der Waals surface area contributed by atoms with E-state index in [1.165, 1.54) is 0 Å². The zero-order valence-corrected chi connectivity index (χ0v) is 14.8. The third-order valence-corrected chi connectivity index (χ3v) is 3.27. The molecule has 0 aromatic carbocycles. The van der Waals surface area contributed by atoms with Gasteiger partial charge in [-0.3, -0.25) is 9.59 Å². The van der Waals surface area contributed by atoms with Crippen LogP contribution in [-0.2, 0) is 19.1 Å². The third kappa shape index (κ3) is 17.1. The molecular weight excluding hydrogens is 296 g/mol. The van der Waals surface area contributed by atoms with Gasteiger partial charge in [-0.1, -0.05) is 33.1 Å². The summed E-state index contributed by atoms with van der Waals surface area (Å²) in [4.78, 5) is 22.6. The van der Waals surface area contributed by atoms with Gasteiger partial charge in [0.25, 0.3) is 0 Å². The maximum Gasteiger partial charge on any atom is 0.319 e. The average Bonchev–Trinajstić information content (AvgIpc) is 2.53. The number of nitrogens with one attached hydrogen (secondary N) is 2. The van der Waals surface area contributed by atoms with Gasteiger partial charge in [0.2, 0.25) is 0 Å². The van der Waals surface area contributed by atoms with Crippen molar-refractivity contribution in [2.75, 3.05) is 39.4 Å². The van der Waals surface area contributed by atoms with Crippen molar-refractivity contribution >= 4 is 11.9 Å². The summed E-state index contributed by atoms with van der Waals surface area (Å²) in [5.74, 6) is -0.358. The van der Waals surface area contributed by atoms with Crippen molar-refractivity contribution in [3.8, 4) is 0 Å². The summed E-state index contributed by atoms with van der Waals surface area (Å²) in [7, 11) is 0. The van der Waals surface area contributed by atoms with Gasteiger partial charge in [0.15, 0.2) is 0 Å². The van der Waals surface area contributed by atoms with Gasteiger partial charge in [0, 0.05) is 0 Å². The van der Waals surface area contributed by atoms with E-state index in [-0.39, 0.29) is 25.0 Å². The molecule has 0 heterocycles. The van der Waals surface area contributed by atoms with Crippen LogP contribution in [0, 0.1) is 0 Å². The summed E-state index contributed by atoms with van der Waals surface area (Å²) in [6, 6.07) is 0. The number of hydrogen-bond donors (Lipinski definition) is 2. The average molecular weight is 330 g/mol. The Bertz CT molecular complexity index is 270. The van der Waals surface area contributed by atoms with Crippen molar-refractivity contribution in [1.29, 1.82) is 0 Å². The van der Waals surface area contributed by atoms with E-state index >= 15 is 0 Å². The van der Waals surface area contributed by atoms with Crippen molar-refractivity contribution in [2.45, 2.75) is 58.8 Å². The SMILES string of the molecule is CCCCOC(=O)CNCCCCCNCC(=O)OCCCC. The molecule has 0 aliphatic rings. The Morgan fingerprint density at radius 2 is 1.13 bits per heavy atom. The lowest BCUT2D eigenvalue weighted by molar-refractivity contribution is -0.143. The molecule has 0 saturated carbocycles. The molecule has 0 aromatic heterocycles. The molecule has 0 aliphatic carbocycles. The lowest BCUT2D eigenvalue weighted by atomic mass is 10.2. The van der Waals surface area contributed by atoms with Crippen LogP contribution in [0.25, 0.3) is 0 Å². The summed E-state index contributed by atoms with van der Waals surface area (Å²) < 4.78 is 10.1. The molecule has 0 spiro atoms. The molecule has 2 N–H and O–H groups in total. The fourth-order valence-electron chi connectivity index (χ4n) is 1.82. The Morgan fingerprint density at radius 1 is 0.696 bits per heavy atom. The molecule has 0 fully saturated rings. The zero-order valence-electron chi connectivity index (χ0n) is 14.8. The van der Waals surface area contributed by atoms with Crippen molar-refractivity contribution in [3.05, 3.63) is 0 Å². The molecule has 0 aromatic rings. The molecular formula is C17H34N2O4. The van der Waals surface area contributed by atoms with E-state index in [4.69, 9.17) is 9.47 Å². The van der Waals surface area contributed by atoms with Crippen LogP contribution in [-0.4, -0.2) is 51.3 Å². The fraction of sp³-hybridized carbons (Fsp3) is 0.882. The molecule has 0 aliphatic heterocycles. The predicted molar refractivity (Wildman–Crippen MR) is 91.3 cm³/mol. The first kappa shape index (κ1) is 21.9. The summed E-state index contributed by atoms with van der Waals surface area (Å²) in [5, 5.41) is 6.16. The Labute approximate surface area is 140 Å². The van der Waals surface area contributed by atoms with Gasteiger partial charge in [-0.15, -0.1) is 0 Å². The standard InChI is InChI=1S/C17H34N2O4/c1-3-5-12-22-16(20)14-18-10-8-7-9-11-19-15-17(21)23-13-6-4-2/h18-19H,3-15H2,1-2H3. The van der Waals surface area contributed by atoms with E-state index in [1.807, 2.05) is 0 Å². The minimum atomic E-state index is -0.179. The van der Waals surface area contributed by atoms with Crippen molar-refractivity contribution in [1.82, 2.24) is 10.6 Å². The van der Waals surface area contributed by atoms with Gasteiger partial charge in [-0.05, 0) is 38.8 Å². The first-order valence-electron chi connectivity index (χ1n) is 8.93. The first-order chi connectivity index (χ1) is 11.2. The van der Waals surface area contributed by atoms with Gasteiger partial charge in [-0.2, -0.15) is 0 Å². The van der Waals surface area contributed by atoms with Crippen LogP contribution in [0.5, 0.6) is 0 Å². The number of ether oxygens (including phenoxy) is 2. The normalized spacial score (nSPS) is 10.5. The highest BCUT2D eigenvalue weighted by atomic mass is 16.5. The summed E-state index contributed by atoms with van der Waals surface area (Å²) in [6.07, 6.45) is 6.97. The monoisotopic (exact) mass is 330 g/mol. The van der Waals surface area contributed by atoms with E-state index < -0.39 is 0 Å². The maximum atomic E-state index is 11.3. The van der Waals surface area contributed by atoms with Crippen LogP contribution < -0.4 is 10.6 Å². The quantitative estimate of drug-likeness (QED) is 0.333. The Hall–Kier alpha value is -1.14. The van der Waals surface area contributed by atoms with Gasteiger partial charge >= 0.3 is 11.9 Å². The van der Waals surface area contributed by atoms with Crippen LogP contribution in [0.4, 0.5) is 0 Å². The van der Waals surface area contributed by atoms with Crippen molar-refractivity contribution in [3.63, 3.8) is 0 Å². The molecule has 23 heavy (non-hydrogen) atoms. The van der Waals surface area contributed by atoms with Crippen molar-refractivity contribution in [2.24, 2.45) is 0 Å². The number of carbonyl (C=O) groups excluding carboxylic acids is 2. The molecule has 0 atom stereocenters. The molecule has 6 heteroatoms. The van der Waals surface area contributed by atoms with Crippen LogP contribution in [0.3, 0.4) is 0 Å². The molecule has 0 amide bonds. The second kappa shape index (κ2) is 17.2. The van der Waals surface area contributed by atoms with E-state index in [0.717, 1.165) is 58.0 Å². The van der Waals surface area contributed by atoms with Crippen LogP contribution >= 0.6 is 0 Å². The minimum Gasteiger partial charge on any atom is -0.465 e. The number of esters is 2. The largest absolute Gasteiger partial charge is 0.465 e. The zero-order chi connectivity index (χ0) is 17.2. The number of hydrogen-bond acceptors (Lipinski definition) is 6. The lowest BCUT2D eigenvalue weighted by Gasteiger charge is -2.07. The Morgan fingerprint density at radius 3 is 1.52 bits per heavy atom. The summed E-state index contributed by atoms with van der Waals surface area (Å²) in [5.41, 5.74) is 0. The highest BCUT2D eigenvalue weighted by Crippen LogP contribution is 1.93. The van der Waals surface area contributed by atoms with Crippen LogP contribution in [0.15, 0.2) is 0 Å². The molecule has 0 radical (unpaired) electrons. The number of carbonyl (C=O) groups is 2. The molecule has 0 bridgehead atoms. The fourth-order valence-corrected chi connectivity index (χ4v) is 1.82. The second-order valence-electron chi connectivity index (χ2n) is 5.56. The topological polar surface area (TPSA) is 76.7 Å². The summed E-state index contributed by atoms with van der Waals surface area (Å²) in [6.45, 7) is 7.35. The van der Waals surface area contributed by atoms with Gasteiger partial charge in [0.1, 0.15) is 0 Å². The van der Waals surface area contributed by atoms with Gasteiger partial charge in [0.05, 0.1) is 26.3 Å². The lowest BCUT2D eigenvalue weighted by Crippen LogP contribution is -2.27. The molecule has 0 rings (SSSR count). The molecule has 136 valence electrons. The maximum absolute atomic E-state index is 11.3. The van der Waals surface area contributed by atoms with Crippen molar-refractivity contribution < 1.29 is 19.1 Å². The van der Waals surface area contributed by atoms with E-state index in [2.05, 4.69) is 24.5 Å². The van der Waals surface area contributed by atoms with E-state index in [0.29, 0.717) is 13.2 Å². The van der Waals surface area contributed by atoms with Gasteiger partial charge in [-0.25, -0.2) is 0 Å². The highest BCUT2D eigenvalue weighted by Gasteiger charge is 2.02. The molecule has 0 unspecified atom stereocenters. The second-order valence-corrected chi connectivity index (χ2v) is 5.56. The highest BCUT2D eigenvalue weighted by molar-refractivity contribution is 5.71. The third-order valence-electron chi connectivity index (χ3n) is 3.27. The predicted octanol–water partition coefficient (Wildman–Crippen LogP) is 2.02. The van der Waals surface area contributed by atoms with Crippen LogP contribution in [0.1, 0.15) is 58.8 Å². The minimum absolute atomic E-state index is 0.179. The first-order valence-corrected chi connectivity index (χ1v) is 8.93. The molecule has 0 saturated heterocycles. The smallest absolute Gasteiger partial charge is 0.319 e.